The van der Waals surface area contributed by atoms with Crippen LogP contribution in [0.4, 0.5) is 5.82 Å². The van der Waals surface area contributed by atoms with Gasteiger partial charge in [0, 0.05) is 25.8 Å². The summed E-state index contributed by atoms with van der Waals surface area (Å²) >= 11 is 0. The van der Waals surface area contributed by atoms with Gasteiger partial charge in [-0.25, -0.2) is 9.97 Å². The summed E-state index contributed by atoms with van der Waals surface area (Å²) in [7, 11) is 2.02. The lowest BCUT2D eigenvalue weighted by molar-refractivity contribution is 0.657. The minimum atomic E-state index is 0.214. The number of aromatic amines is 1. The number of H-pyrrole nitrogens is 1. The molecule has 5 heteroatoms. The fraction of sp³-hybridized carbons (Fsp3) is 0.455. The van der Waals surface area contributed by atoms with Crippen LogP contribution in [0.2, 0.25) is 0 Å². The average molecular weight is 219 g/mol. The van der Waals surface area contributed by atoms with Crippen LogP contribution in [0.1, 0.15) is 13.3 Å². The number of nitrogens with two attached hydrogens (primary N) is 1. The van der Waals surface area contributed by atoms with Crippen molar-refractivity contribution in [3.63, 3.8) is 0 Å². The summed E-state index contributed by atoms with van der Waals surface area (Å²) in [6.07, 6.45) is 4.41. The highest BCUT2D eigenvalue weighted by atomic mass is 15.2. The van der Waals surface area contributed by atoms with Crippen molar-refractivity contribution in [2.24, 2.45) is 5.73 Å². The van der Waals surface area contributed by atoms with E-state index in [4.69, 9.17) is 5.73 Å². The third-order valence-electron chi connectivity index (χ3n) is 2.61. The van der Waals surface area contributed by atoms with E-state index >= 15 is 0 Å². The number of nitrogens with zero attached hydrogens (tertiary/aromatic N) is 3. The summed E-state index contributed by atoms with van der Waals surface area (Å²) in [5.41, 5.74) is 6.62. The number of rotatable bonds is 4. The molecule has 0 saturated carbocycles. The van der Waals surface area contributed by atoms with E-state index < -0.39 is 0 Å². The molecule has 2 rings (SSSR count). The first-order chi connectivity index (χ1) is 7.68. The molecule has 2 aromatic rings. The van der Waals surface area contributed by atoms with Gasteiger partial charge in [0.2, 0.25) is 0 Å². The van der Waals surface area contributed by atoms with Crippen molar-refractivity contribution in [1.29, 1.82) is 0 Å². The molecule has 16 heavy (non-hydrogen) atoms. The molecule has 1 unspecified atom stereocenters. The van der Waals surface area contributed by atoms with Gasteiger partial charge < -0.3 is 15.6 Å². The Morgan fingerprint density at radius 1 is 1.50 bits per heavy atom. The Balaban J connectivity index is 2.22. The van der Waals surface area contributed by atoms with E-state index in [1.54, 1.807) is 6.33 Å². The van der Waals surface area contributed by atoms with Crippen LogP contribution in [0.25, 0.3) is 11.0 Å². The maximum absolute atomic E-state index is 5.75. The molecule has 2 aromatic heterocycles. The summed E-state index contributed by atoms with van der Waals surface area (Å²) in [6, 6.07) is 2.21. The van der Waals surface area contributed by atoms with E-state index in [1.165, 1.54) is 0 Å². The van der Waals surface area contributed by atoms with Crippen LogP contribution < -0.4 is 10.6 Å². The van der Waals surface area contributed by atoms with Gasteiger partial charge in [-0.1, -0.05) is 0 Å². The normalized spacial score (nSPS) is 12.9. The number of nitrogens with one attached hydrogen (secondary N) is 1. The van der Waals surface area contributed by atoms with E-state index in [0.717, 1.165) is 29.8 Å². The van der Waals surface area contributed by atoms with Crippen molar-refractivity contribution in [2.45, 2.75) is 19.4 Å². The van der Waals surface area contributed by atoms with Crippen LogP contribution in [0.15, 0.2) is 18.6 Å². The Morgan fingerprint density at radius 2 is 2.31 bits per heavy atom. The Bertz CT molecular complexity index is 462. The van der Waals surface area contributed by atoms with Crippen molar-refractivity contribution in [2.75, 3.05) is 18.5 Å². The van der Waals surface area contributed by atoms with Crippen LogP contribution in [0.3, 0.4) is 0 Å². The first-order valence-electron chi connectivity index (χ1n) is 5.43. The van der Waals surface area contributed by atoms with Crippen LogP contribution >= 0.6 is 0 Å². The minimum absolute atomic E-state index is 0.214. The molecular weight excluding hydrogens is 202 g/mol. The monoisotopic (exact) mass is 219 g/mol. The Morgan fingerprint density at radius 3 is 3.06 bits per heavy atom. The highest BCUT2D eigenvalue weighted by Crippen LogP contribution is 2.20. The predicted molar refractivity (Wildman–Crippen MR) is 65.4 cm³/mol. The molecule has 0 aliphatic heterocycles. The number of hydrogen-bond acceptors (Lipinski definition) is 4. The van der Waals surface area contributed by atoms with Crippen molar-refractivity contribution in [1.82, 2.24) is 15.0 Å². The number of aromatic nitrogens is 3. The second-order valence-corrected chi connectivity index (χ2v) is 4.12. The third-order valence-corrected chi connectivity index (χ3v) is 2.61. The number of anilines is 1. The van der Waals surface area contributed by atoms with Gasteiger partial charge in [0.05, 0.1) is 5.39 Å². The molecule has 0 bridgehead atoms. The zero-order valence-electron chi connectivity index (χ0n) is 9.64. The molecule has 3 N–H and O–H groups in total. The topological polar surface area (TPSA) is 70.8 Å². The summed E-state index contributed by atoms with van der Waals surface area (Å²) < 4.78 is 0. The Hall–Kier alpha value is -1.62. The molecule has 0 saturated heterocycles. The third kappa shape index (κ3) is 2.14. The molecular formula is C11H17N5. The standard InChI is InChI=1S/C11H17N5/c1-8(12)4-6-16(2)11-9-3-5-13-10(9)14-7-15-11/h3,5,7-8H,4,6,12H2,1-2H3,(H,13,14,15). The van der Waals surface area contributed by atoms with E-state index in [-0.39, 0.29) is 6.04 Å². The zero-order chi connectivity index (χ0) is 11.5. The molecule has 0 amide bonds. The van der Waals surface area contributed by atoms with Gasteiger partial charge in [-0.05, 0) is 19.4 Å². The highest BCUT2D eigenvalue weighted by molar-refractivity contribution is 5.87. The van der Waals surface area contributed by atoms with Crippen LogP contribution in [-0.2, 0) is 0 Å². The molecule has 5 nitrogen and oxygen atoms in total. The molecule has 0 aromatic carbocycles. The number of hydrogen-bond donors (Lipinski definition) is 2. The lowest BCUT2D eigenvalue weighted by Gasteiger charge is -2.19. The molecule has 0 fully saturated rings. The first-order valence-corrected chi connectivity index (χ1v) is 5.43. The predicted octanol–water partition coefficient (Wildman–Crippen LogP) is 1.13. The first kappa shape index (κ1) is 10.9. The molecule has 86 valence electrons. The van der Waals surface area contributed by atoms with Crippen molar-refractivity contribution < 1.29 is 0 Å². The van der Waals surface area contributed by atoms with Gasteiger partial charge in [-0.2, -0.15) is 0 Å². The molecule has 1 atom stereocenters. The highest BCUT2D eigenvalue weighted by Gasteiger charge is 2.09. The number of fused-ring (bicyclic) bond motifs is 1. The fourth-order valence-corrected chi connectivity index (χ4v) is 1.67. The summed E-state index contributed by atoms with van der Waals surface area (Å²) in [5, 5.41) is 1.05. The summed E-state index contributed by atoms with van der Waals surface area (Å²) in [4.78, 5) is 13.7. The molecule has 0 radical (unpaired) electrons. The van der Waals surface area contributed by atoms with E-state index in [9.17, 15) is 0 Å². The van der Waals surface area contributed by atoms with Gasteiger partial charge >= 0.3 is 0 Å². The Kier molecular flexibility index (Phi) is 3.05. The lowest BCUT2D eigenvalue weighted by Crippen LogP contribution is -2.26. The van der Waals surface area contributed by atoms with Gasteiger partial charge in [0.25, 0.3) is 0 Å². The fourth-order valence-electron chi connectivity index (χ4n) is 1.67. The van der Waals surface area contributed by atoms with Crippen molar-refractivity contribution in [3.8, 4) is 0 Å². The van der Waals surface area contributed by atoms with Gasteiger partial charge in [-0.15, -0.1) is 0 Å². The Labute approximate surface area is 94.7 Å². The molecule has 2 heterocycles. The largest absolute Gasteiger partial charge is 0.359 e. The maximum Gasteiger partial charge on any atom is 0.142 e. The van der Waals surface area contributed by atoms with E-state index in [0.29, 0.717) is 0 Å². The van der Waals surface area contributed by atoms with Gasteiger partial charge in [-0.3, -0.25) is 0 Å². The quantitative estimate of drug-likeness (QED) is 0.808. The molecule has 0 spiro atoms. The summed E-state index contributed by atoms with van der Waals surface area (Å²) in [6.45, 7) is 2.91. The second-order valence-electron chi connectivity index (χ2n) is 4.12. The van der Waals surface area contributed by atoms with Crippen molar-refractivity contribution >= 4 is 16.9 Å². The average Bonchev–Trinajstić information content (AvgIpc) is 2.73. The van der Waals surface area contributed by atoms with Crippen LogP contribution in [-0.4, -0.2) is 34.6 Å². The van der Waals surface area contributed by atoms with Crippen molar-refractivity contribution in [3.05, 3.63) is 18.6 Å². The summed E-state index contributed by atoms with van der Waals surface area (Å²) in [5.74, 6) is 0.951. The lowest BCUT2D eigenvalue weighted by atomic mass is 10.2. The van der Waals surface area contributed by atoms with E-state index in [1.807, 2.05) is 26.2 Å². The smallest absolute Gasteiger partial charge is 0.142 e. The molecule has 0 aliphatic rings. The maximum atomic E-state index is 5.75. The second kappa shape index (κ2) is 4.49. The zero-order valence-corrected chi connectivity index (χ0v) is 9.64. The SMILES string of the molecule is CC(N)CCN(C)c1ncnc2[nH]ccc12. The van der Waals surface area contributed by atoms with Crippen LogP contribution in [0, 0.1) is 0 Å². The molecule has 0 aliphatic carbocycles. The minimum Gasteiger partial charge on any atom is -0.359 e. The van der Waals surface area contributed by atoms with E-state index in [2.05, 4.69) is 19.9 Å². The van der Waals surface area contributed by atoms with Gasteiger partial charge in [0.15, 0.2) is 0 Å². The van der Waals surface area contributed by atoms with Crippen LogP contribution in [0.5, 0.6) is 0 Å². The van der Waals surface area contributed by atoms with Gasteiger partial charge in [0.1, 0.15) is 17.8 Å².